The van der Waals surface area contributed by atoms with Crippen LogP contribution in [-0.4, -0.2) is 34.3 Å². The largest absolute Gasteiger partial charge is 0.448 e. The lowest BCUT2D eigenvalue weighted by atomic mass is 10.1. The topological polar surface area (TPSA) is 75.4 Å². The highest BCUT2D eigenvalue weighted by Crippen LogP contribution is 2.25. The fourth-order valence-corrected chi connectivity index (χ4v) is 3.57. The van der Waals surface area contributed by atoms with Crippen molar-refractivity contribution in [2.24, 2.45) is 0 Å². The monoisotopic (exact) mass is 393 g/mol. The van der Waals surface area contributed by atoms with E-state index in [2.05, 4.69) is 10.3 Å². The van der Waals surface area contributed by atoms with Crippen LogP contribution in [0.25, 0.3) is 11.1 Å². The average molecular weight is 393 g/mol. The summed E-state index contributed by atoms with van der Waals surface area (Å²) in [7, 11) is 0. The van der Waals surface area contributed by atoms with Crippen LogP contribution >= 0.6 is 0 Å². The summed E-state index contributed by atoms with van der Waals surface area (Å²) < 4.78 is 18.5. The Labute approximate surface area is 167 Å². The zero-order valence-corrected chi connectivity index (χ0v) is 15.9. The van der Waals surface area contributed by atoms with Crippen molar-refractivity contribution >= 4 is 17.5 Å². The molecule has 1 aliphatic rings. The van der Waals surface area contributed by atoms with Crippen LogP contribution in [0.15, 0.2) is 59.3 Å². The van der Waals surface area contributed by atoms with E-state index in [1.807, 2.05) is 18.2 Å². The molecule has 0 saturated carbocycles. The molecule has 3 aromatic rings. The molecule has 1 atom stereocenters. The van der Waals surface area contributed by atoms with Crippen molar-refractivity contribution in [2.45, 2.75) is 25.8 Å². The predicted octanol–water partition coefficient (Wildman–Crippen LogP) is 4.03. The van der Waals surface area contributed by atoms with Crippen molar-refractivity contribution in [1.29, 1.82) is 0 Å². The number of nitrogens with one attached hydrogen (secondary N) is 1. The second-order valence-electron chi connectivity index (χ2n) is 6.99. The Kier molecular flexibility index (Phi) is 5.12. The minimum absolute atomic E-state index is 0.240. The summed E-state index contributed by atoms with van der Waals surface area (Å²) in [4.78, 5) is 31.0. The van der Waals surface area contributed by atoms with E-state index >= 15 is 0 Å². The molecule has 29 heavy (non-hydrogen) atoms. The Balaban J connectivity index is 1.46. The van der Waals surface area contributed by atoms with Gasteiger partial charge in [-0.1, -0.05) is 24.3 Å². The molecule has 2 heterocycles. The zero-order valence-electron chi connectivity index (χ0n) is 15.9. The SMILES string of the molecule is Cc1ocnc1C(=O)N1CCC[C@H]1C(=O)Nc1ccc(-c2cccc(F)c2)cc1. The van der Waals surface area contributed by atoms with E-state index in [-0.39, 0.29) is 23.3 Å². The summed E-state index contributed by atoms with van der Waals surface area (Å²) in [6.07, 6.45) is 2.57. The highest BCUT2D eigenvalue weighted by Gasteiger charge is 2.36. The maximum atomic E-state index is 13.4. The Morgan fingerprint density at radius 1 is 1.17 bits per heavy atom. The van der Waals surface area contributed by atoms with E-state index < -0.39 is 6.04 Å². The molecule has 148 valence electrons. The van der Waals surface area contributed by atoms with Crippen molar-refractivity contribution in [3.8, 4) is 11.1 Å². The second kappa shape index (κ2) is 7.87. The highest BCUT2D eigenvalue weighted by atomic mass is 19.1. The number of nitrogens with zero attached hydrogens (tertiary/aromatic N) is 2. The van der Waals surface area contributed by atoms with Gasteiger partial charge in [0.25, 0.3) is 5.91 Å². The number of amides is 2. The molecule has 1 fully saturated rings. The molecule has 4 rings (SSSR count). The molecule has 1 saturated heterocycles. The van der Waals surface area contributed by atoms with E-state index in [1.54, 1.807) is 30.0 Å². The first kappa shape index (κ1) is 18.9. The van der Waals surface area contributed by atoms with Crippen molar-refractivity contribution in [3.63, 3.8) is 0 Å². The van der Waals surface area contributed by atoms with Gasteiger partial charge < -0.3 is 14.6 Å². The fourth-order valence-electron chi connectivity index (χ4n) is 3.57. The van der Waals surface area contributed by atoms with Gasteiger partial charge in [-0.2, -0.15) is 0 Å². The quantitative estimate of drug-likeness (QED) is 0.726. The summed E-state index contributed by atoms with van der Waals surface area (Å²) >= 11 is 0. The van der Waals surface area contributed by atoms with Crippen LogP contribution in [0.2, 0.25) is 0 Å². The molecule has 0 bridgehead atoms. The molecule has 0 spiro atoms. The minimum atomic E-state index is -0.554. The number of benzene rings is 2. The second-order valence-corrected chi connectivity index (χ2v) is 6.99. The van der Waals surface area contributed by atoms with Crippen molar-refractivity contribution < 1.29 is 18.4 Å². The van der Waals surface area contributed by atoms with Gasteiger partial charge in [-0.05, 0) is 55.2 Å². The number of oxazole rings is 1. The van der Waals surface area contributed by atoms with Crippen LogP contribution in [0, 0.1) is 12.7 Å². The van der Waals surface area contributed by atoms with Crippen LogP contribution in [0.4, 0.5) is 10.1 Å². The van der Waals surface area contributed by atoms with Gasteiger partial charge in [-0.15, -0.1) is 0 Å². The summed E-state index contributed by atoms with van der Waals surface area (Å²) in [6, 6.07) is 13.0. The number of aromatic nitrogens is 1. The van der Waals surface area contributed by atoms with E-state index in [1.165, 1.54) is 18.5 Å². The number of carbonyl (C=O) groups excluding carboxylic acids is 2. The molecule has 1 aliphatic heterocycles. The molecule has 7 heteroatoms. The van der Waals surface area contributed by atoms with Gasteiger partial charge in [0.15, 0.2) is 12.1 Å². The Morgan fingerprint density at radius 3 is 2.66 bits per heavy atom. The number of carbonyl (C=O) groups is 2. The fraction of sp³-hybridized carbons (Fsp3) is 0.227. The molecule has 0 aliphatic carbocycles. The van der Waals surface area contributed by atoms with Crippen molar-refractivity contribution in [3.05, 3.63) is 72.2 Å². The molecular weight excluding hydrogens is 373 g/mol. The molecular formula is C22H20FN3O3. The van der Waals surface area contributed by atoms with E-state index in [0.29, 0.717) is 24.4 Å². The lowest BCUT2D eigenvalue weighted by molar-refractivity contribution is -0.119. The first-order valence-corrected chi connectivity index (χ1v) is 9.41. The summed E-state index contributed by atoms with van der Waals surface area (Å²) in [6.45, 7) is 2.17. The molecule has 2 aromatic carbocycles. The van der Waals surface area contributed by atoms with E-state index in [0.717, 1.165) is 17.5 Å². The molecule has 2 amide bonds. The first-order chi connectivity index (χ1) is 14.0. The Bertz CT molecular complexity index is 1050. The number of rotatable bonds is 4. The predicted molar refractivity (Wildman–Crippen MR) is 106 cm³/mol. The third-order valence-electron chi connectivity index (χ3n) is 5.07. The van der Waals surface area contributed by atoms with Gasteiger partial charge >= 0.3 is 0 Å². The third-order valence-corrected chi connectivity index (χ3v) is 5.07. The molecule has 6 nitrogen and oxygen atoms in total. The van der Waals surface area contributed by atoms with Gasteiger partial charge in [-0.3, -0.25) is 9.59 Å². The number of hydrogen-bond acceptors (Lipinski definition) is 4. The highest BCUT2D eigenvalue weighted by molar-refractivity contribution is 6.01. The maximum Gasteiger partial charge on any atom is 0.276 e. The Morgan fingerprint density at radius 2 is 1.97 bits per heavy atom. The van der Waals surface area contributed by atoms with Crippen LogP contribution < -0.4 is 5.32 Å². The van der Waals surface area contributed by atoms with Crippen LogP contribution in [-0.2, 0) is 4.79 Å². The van der Waals surface area contributed by atoms with Crippen LogP contribution in [0.5, 0.6) is 0 Å². The van der Waals surface area contributed by atoms with Gasteiger partial charge in [0.2, 0.25) is 5.91 Å². The molecule has 0 radical (unpaired) electrons. The maximum absolute atomic E-state index is 13.4. The van der Waals surface area contributed by atoms with E-state index in [9.17, 15) is 14.0 Å². The standard InChI is InChI=1S/C22H20FN3O3/c1-14-20(24-13-29-14)22(28)26-11-3-6-19(26)21(27)25-18-9-7-15(8-10-18)16-4-2-5-17(23)12-16/h2,4-5,7-10,12-13,19H,3,6,11H2,1H3,(H,25,27)/t19-/m0/s1. The number of halogens is 1. The van der Waals surface area contributed by atoms with Crippen molar-refractivity contribution in [1.82, 2.24) is 9.88 Å². The number of hydrogen-bond donors (Lipinski definition) is 1. The van der Waals surface area contributed by atoms with E-state index in [4.69, 9.17) is 4.42 Å². The van der Waals surface area contributed by atoms with Crippen LogP contribution in [0.3, 0.4) is 0 Å². The van der Waals surface area contributed by atoms with Gasteiger partial charge in [-0.25, -0.2) is 9.37 Å². The average Bonchev–Trinajstić information content (AvgIpc) is 3.37. The molecule has 1 aromatic heterocycles. The normalized spacial score (nSPS) is 16.1. The molecule has 1 N–H and O–H groups in total. The zero-order chi connectivity index (χ0) is 20.4. The van der Waals surface area contributed by atoms with Crippen molar-refractivity contribution in [2.75, 3.05) is 11.9 Å². The van der Waals surface area contributed by atoms with Gasteiger partial charge in [0, 0.05) is 12.2 Å². The number of anilines is 1. The summed E-state index contributed by atoms with van der Waals surface area (Å²) in [5, 5.41) is 2.87. The van der Waals surface area contributed by atoms with Gasteiger partial charge in [0.05, 0.1) is 0 Å². The first-order valence-electron chi connectivity index (χ1n) is 9.41. The smallest absolute Gasteiger partial charge is 0.276 e. The summed E-state index contributed by atoms with van der Waals surface area (Å²) in [5.41, 5.74) is 2.47. The number of likely N-dealkylation sites (tertiary alicyclic amines) is 1. The number of aryl methyl sites for hydroxylation is 1. The lowest BCUT2D eigenvalue weighted by Gasteiger charge is -2.23. The molecule has 0 unspecified atom stereocenters. The minimum Gasteiger partial charge on any atom is -0.448 e. The summed E-state index contributed by atoms with van der Waals surface area (Å²) in [5.74, 6) is -0.395. The third kappa shape index (κ3) is 3.89. The lowest BCUT2D eigenvalue weighted by Crippen LogP contribution is -2.43. The Hall–Kier alpha value is -3.48. The van der Waals surface area contributed by atoms with Gasteiger partial charge in [0.1, 0.15) is 17.6 Å². The van der Waals surface area contributed by atoms with Crippen LogP contribution in [0.1, 0.15) is 29.1 Å².